The SMILES string of the molecule is NC1CCC2CN(c3c([N+](=O)[O-])cnc4ccc(Br)cc34)CC12. The highest BCUT2D eigenvalue weighted by atomic mass is 79.9. The molecule has 2 aromatic rings. The van der Waals surface area contributed by atoms with E-state index in [2.05, 4.69) is 25.8 Å². The molecule has 120 valence electrons. The van der Waals surface area contributed by atoms with Gasteiger partial charge in [-0.05, 0) is 42.9 Å². The maximum Gasteiger partial charge on any atom is 0.311 e. The van der Waals surface area contributed by atoms with Crippen LogP contribution >= 0.6 is 15.9 Å². The van der Waals surface area contributed by atoms with Gasteiger partial charge in [-0.25, -0.2) is 4.98 Å². The van der Waals surface area contributed by atoms with Crippen molar-refractivity contribution >= 4 is 38.2 Å². The third-order valence-corrected chi connectivity index (χ3v) is 5.70. The van der Waals surface area contributed by atoms with Crippen molar-refractivity contribution in [2.75, 3.05) is 18.0 Å². The fourth-order valence-corrected chi connectivity index (χ4v) is 4.46. The monoisotopic (exact) mass is 376 g/mol. The van der Waals surface area contributed by atoms with E-state index in [1.807, 2.05) is 18.2 Å². The smallest absolute Gasteiger partial charge is 0.311 e. The summed E-state index contributed by atoms with van der Waals surface area (Å²) < 4.78 is 0.893. The average Bonchev–Trinajstić information content (AvgIpc) is 3.08. The summed E-state index contributed by atoms with van der Waals surface area (Å²) in [6.07, 6.45) is 3.55. The van der Waals surface area contributed by atoms with Crippen LogP contribution < -0.4 is 10.6 Å². The van der Waals surface area contributed by atoms with E-state index in [4.69, 9.17) is 5.73 Å². The number of fused-ring (bicyclic) bond motifs is 2. The molecule has 0 spiro atoms. The predicted octanol–water partition coefficient (Wildman–Crippen LogP) is 3.08. The summed E-state index contributed by atoms with van der Waals surface area (Å²) in [5.74, 6) is 0.977. The lowest BCUT2D eigenvalue weighted by molar-refractivity contribution is -0.384. The number of nitro groups is 1. The van der Waals surface area contributed by atoms with E-state index in [9.17, 15) is 10.1 Å². The molecule has 0 amide bonds. The number of hydrogen-bond acceptors (Lipinski definition) is 5. The molecule has 2 N–H and O–H groups in total. The zero-order chi connectivity index (χ0) is 16.1. The minimum atomic E-state index is -0.337. The van der Waals surface area contributed by atoms with Gasteiger partial charge in [0.15, 0.2) is 0 Å². The first-order chi connectivity index (χ1) is 11.0. The van der Waals surface area contributed by atoms with Gasteiger partial charge in [-0.3, -0.25) is 10.1 Å². The minimum absolute atomic E-state index is 0.0733. The van der Waals surface area contributed by atoms with E-state index in [1.165, 1.54) is 6.20 Å². The van der Waals surface area contributed by atoms with Crippen molar-refractivity contribution in [3.05, 3.63) is 39.0 Å². The first-order valence-corrected chi connectivity index (χ1v) is 8.57. The molecular weight excluding hydrogens is 360 g/mol. The summed E-state index contributed by atoms with van der Waals surface area (Å²) in [5.41, 5.74) is 7.74. The van der Waals surface area contributed by atoms with Crippen LogP contribution in [-0.2, 0) is 0 Å². The van der Waals surface area contributed by atoms with Crippen LogP contribution in [0.2, 0.25) is 0 Å². The lowest BCUT2D eigenvalue weighted by Crippen LogP contribution is -2.30. The highest BCUT2D eigenvalue weighted by Gasteiger charge is 2.42. The number of nitrogens with two attached hydrogens (primary N) is 1. The van der Waals surface area contributed by atoms with Crippen LogP contribution in [-0.4, -0.2) is 29.0 Å². The Morgan fingerprint density at radius 1 is 1.35 bits per heavy atom. The molecule has 6 nitrogen and oxygen atoms in total. The molecule has 0 radical (unpaired) electrons. The molecule has 2 aliphatic rings. The number of rotatable bonds is 2. The normalized spacial score (nSPS) is 26.7. The van der Waals surface area contributed by atoms with Crippen molar-refractivity contribution in [3.8, 4) is 0 Å². The molecule has 7 heteroatoms. The van der Waals surface area contributed by atoms with Crippen molar-refractivity contribution in [1.82, 2.24) is 4.98 Å². The fraction of sp³-hybridized carbons (Fsp3) is 0.438. The Balaban J connectivity index is 1.86. The maximum absolute atomic E-state index is 11.5. The summed E-state index contributed by atoms with van der Waals surface area (Å²) in [5, 5.41) is 12.3. The van der Waals surface area contributed by atoms with Gasteiger partial charge in [0, 0.05) is 29.0 Å². The summed E-state index contributed by atoms with van der Waals surface area (Å²) in [6, 6.07) is 5.91. The van der Waals surface area contributed by atoms with E-state index < -0.39 is 0 Å². The third kappa shape index (κ3) is 2.38. The Hall–Kier alpha value is -1.73. The number of aromatic nitrogens is 1. The molecule has 1 saturated carbocycles. The van der Waals surface area contributed by atoms with E-state index in [0.717, 1.165) is 41.3 Å². The first kappa shape index (κ1) is 14.8. The largest absolute Gasteiger partial charge is 0.365 e. The van der Waals surface area contributed by atoms with Gasteiger partial charge in [-0.15, -0.1) is 0 Å². The van der Waals surface area contributed by atoms with Gasteiger partial charge >= 0.3 is 5.69 Å². The second-order valence-electron chi connectivity index (χ2n) is 6.48. The van der Waals surface area contributed by atoms with Gasteiger partial charge in [0.2, 0.25) is 0 Å². The Morgan fingerprint density at radius 2 is 2.17 bits per heavy atom. The van der Waals surface area contributed by atoms with E-state index in [1.54, 1.807) is 0 Å². The topological polar surface area (TPSA) is 85.3 Å². The lowest BCUT2D eigenvalue weighted by atomic mass is 9.98. The zero-order valence-electron chi connectivity index (χ0n) is 12.5. The summed E-state index contributed by atoms with van der Waals surface area (Å²) in [7, 11) is 0. The number of halogens is 1. The van der Waals surface area contributed by atoms with Crippen LogP contribution in [0.25, 0.3) is 10.9 Å². The second-order valence-corrected chi connectivity index (χ2v) is 7.40. The molecule has 2 heterocycles. The molecule has 1 aromatic heterocycles. The summed E-state index contributed by atoms with van der Waals surface area (Å²) in [6.45, 7) is 1.63. The van der Waals surface area contributed by atoms with Crippen LogP contribution in [0.1, 0.15) is 12.8 Å². The number of anilines is 1. The Bertz CT molecular complexity index is 797. The molecule has 0 bridgehead atoms. The van der Waals surface area contributed by atoms with Crippen LogP contribution in [0, 0.1) is 22.0 Å². The second kappa shape index (κ2) is 5.42. The maximum atomic E-state index is 11.5. The Labute approximate surface area is 141 Å². The van der Waals surface area contributed by atoms with E-state index in [-0.39, 0.29) is 16.7 Å². The fourth-order valence-electron chi connectivity index (χ4n) is 4.10. The third-order valence-electron chi connectivity index (χ3n) is 5.21. The van der Waals surface area contributed by atoms with Crippen LogP contribution in [0.5, 0.6) is 0 Å². The zero-order valence-corrected chi connectivity index (χ0v) is 14.1. The van der Waals surface area contributed by atoms with Crippen molar-refractivity contribution in [1.29, 1.82) is 0 Å². The van der Waals surface area contributed by atoms with Gasteiger partial charge in [0.1, 0.15) is 11.9 Å². The molecule has 1 aliphatic heterocycles. The Morgan fingerprint density at radius 3 is 2.91 bits per heavy atom. The van der Waals surface area contributed by atoms with Crippen molar-refractivity contribution < 1.29 is 4.92 Å². The molecule has 3 atom stereocenters. The predicted molar refractivity (Wildman–Crippen MR) is 92.5 cm³/mol. The standard InChI is InChI=1S/C16H17BrN4O2/c17-10-2-4-14-11(5-10)16(15(6-19-14)21(22)23)20-7-9-1-3-13(18)12(9)8-20/h2,4-6,9,12-13H,1,3,7-8,18H2. The van der Waals surface area contributed by atoms with Crippen LogP contribution in [0.4, 0.5) is 11.4 Å². The summed E-state index contributed by atoms with van der Waals surface area (Å²) in [4.78, 5) is 17.6. The highest BCUT2D eigenvalue weighted by Crippen LogP contribution is 2.44. The molecule has 1 aliphatic carbocycles. The van der Waals surface area contributed by atoms with Crippen LogP contribution in [0.3, 0.4) is 0 Å². The number of hydrogen-bond donors (Lipinski definition) is 1. The van der Waals surface area contributed by atoms with Crippen molar-refractivity contribution in [3.63, 3.8) is 0 Å². The average molecular weight is 377 g/mol. The van der Waals surface area contributed by atoms with Gasteiger partial charge in [-0.2, -0.15) is 0 Å². The first-order valence-electron chi connectivity index (χ1n) is 7.78. The van der Waals surface area contributed by atoms with Gasteiger partial charge < -0.3 is 10.6 Å². The van der Waals surface area contributed by atoms with E-state index in [0.29, 0.717) is 17.5 Å². The lowest BCUT2D eigenvalue weighted by Gasteiger charge is -2.22. The van der Waals surface area contributed by atoms with Crippen molar-refractivity contribution in [2.45, 2.75) is 18.9 Å². The Kier molecular flexibility index (Phi) is 3.50. The number of benzene rings is 1. The van der Waals surface area contributed by atoms with E-state index >= 15 is 0 Å². The van der Waals surface area contributed by atoms with Crippen molar-refractivity contribution in [2.24, 2.45) is 17.6 Å². The molecule has 23 heavy (non-hydrogen) atoms. The van der Waals surface area contributed by atoms with Gasteiger partial charge in [-0.1, -0.05) is 15.9 Å². The molecule has 1 aromatic carbocycles. The number of pyridine rings is 1. The number of nitrogens with zero attached hydrogens (tertiary/aromatic N) is 3. The quantitative estimate of drug-likeness (QED) is 0.642. The molecular formula is C16H17BrN4O2. The van der Waals surface area contributed by atoms with Gasteiger partial charge in [0.05, 0.1) is 10.4 Å². The molecule has 3 unspecified atom stereocenters. The summed E-state index contributed by atoms with van der Waals surface area (Å²) >= 11 is 3.46. The molecule has 4 rings (SSSR count). The van der Waals surface area contributed by atoms with Crippen LogP contribution in [0.15, 0.2) is 28.9 Å². The molecule has 2 fully saturated rings. The highest BCUT2D eigenvalue weighted by molar-refractivity contribution is 9.10. The minimum Gasteiger partial charge on any atom is -0.365 e. The van der Waals surface area contributed by atoms with Gasteiger partial charge in [0.25, 0.3) is 0 Å². The molecule has 1 saturated heterocycles.